The molecule has 0 saturated heterocycles. The van der Waals surface area contributed by atoms with Crippen LogP contribution in [-0.2, 0) is 21.0 Å². The summed E-state index contributed by atoms with van der Waals surface area (Å²) in [4.78, 5) is 8.37. The van der Waals surface area contributed by atoms with Crippen LogP contribution in [0.4, 0.5) is 0 Å². The maximum Gasteiger partial charge on any atom is 0.0886 e. The van der Waals surface area contributed by atoms with Gasteiger partial charge >= 0.3 is 21.0 Å². The van der Waals surface area contributed by atoms with Crippen molar-refractivity contribution in [3.05, 3.63) is 63.6 Å². The number of pyridine rings is 2. The quantitative estimate of drug-likeness (QED) is 0.734. The van der Waals surface area contributed by atoms with Crippen LogP contribution in [0.5, 0.6) is 0 Å². The van der Waals surface area contributed by atoms with Crippen LogP contribution >= 0.6 is 0 Å². The Morgan fingerprint density at radius 2 is 1.12 bits per heavy atom. The van der Waals surface area contributed by atoms with E-state index in [1.165, 1.54) is 0 Å². The average molecular weight is 253 g/mol. The summed E-state index contributed by atoms with van der Waals surface area (Å²) in [5.41, 5.74) is 1.83. The van der Waals surface area contributed by atoms with E-state index in [-0.39, 0.29) is 14.9 Å². The summed E-state index contributed by atoms with van der Waals surface area (Å²) >= 11 is 1.06. The molecule has 0 N–H and O–H groups in total. The van der Waals surface area contributed by atoms with Gasteiger partial charge in [0.15, 0.2) is 0 Å². The first-order chi connectivity index (χ1) is 6.97. The summed E-state index contributed by atoms with van der Waals surface area (Å²) in [6.07, 6.45) is 3.54. The number of nitrogens with zero attached hydrogens (tertiary/aromatic N) is 2. The Labute approximate surface area is 106 Å². The van der Waals surface area contributed by atoms with Gasteiger partial charge in [0.2, 0.25) is 0 Å². The van der Waals surface area contributed by atoms with Crippen LogP contribution in [0.15, 0.2) is 48.8 Å². The van der Waals surface area contributed by atoms with E-state index in [2.05, 4.69) is 9.97 Å². The fourth-order valence-electron chi connectivity index (χ4n) is 1.03. The molecule has 0 aliphatic heterocycles. The molecule has 16 heavy (non-hydrogen) atoms. The van der Waals surface area contributed by atoms with Gasteiger partial charge < -0.3 is 14.9 Å². The number of hydrogen-bond donors (Lipinski definition) is 0. The van der Waals surface area contributed by atoms with Gasteiger partial charge in [-0.2, -0.15) is 0 Å². The fraction of sp³-hybridized carbons (Fsp3) is 0. The van der Waals surface area contributed by atoms with E-state index in [1.807, 2.05) is 36.4 Å². The van der Waals surface area contributed by atoms with Crippen molar-refractivity contribution in [2.45, 2.75) is 0 Å². The van der Waals surface area contributed by atoms with Crippen molar-refractivity contribution in [2.75, 3.05) is 0 Å². The van der Waals surface area contributed by atoms with Crippen molar-refractivity contribution >= 4 is 0 Å². The largest absolute Gasteiger partial charge is 0.255 e. The molecule has 2 rings (SSSR count). The Morgan fingerprint density at radius 1 is 0.750 bits per heavy atom. The molecule has 0 aliphatic carbocycles. The fourth-order valence-corrected chi connectivity index (χ4v) is 1.03. The van der Waals surface area contributed by atoms with Crippen molar-refractivity contribution in [3.63, 3.8) is 0 Å². The van der Waals surface area contributed by atoms with E-state index in [1.54, 1.807) is 12.4 Å². The normalized spacial score (nSPS) is 7.62. The third-order valence-electron chi connectivity index (χ3n) is 1.59. The summed E-state index contributed by atoms with van der Waals surface area (Å²) in [6.45, 7) is 0. The molecule has 83 valence electrons. The third kappa shape index (κ3) is 4.96. The molecule has 2 heterocycles. The van der Waals surface area contributed by atoms with Crippen LogP contribution in [0.25, 0.3) is 11.4 Å². The minimum absolute atomic E-state index is 0. The Hall–Kier alpha value is -1.32. The van der Waals surface area contributed by atoms with Crippen LogP contribution in [-0.4, -0.2) is 9.97 Å². The minimum atomic E-state index is 0. The van der Waals surface area contributed by atoms with Crippen molar-refractivity contribution in [1.82, 2.24) is 9.97 Å². The van der Waals surface area contributed by atoms with Crippen LogP contribution in [0.3, 0.4) is 0 Å². The van der Waals surface area contributed by atoms with Crippen molar-refractivity contribution < 1.29 is 21.0 Å². The molecule has 0 aromatic carbocycles. The molecule has 0 unspecified atom stereocenters. The molecular weight excluding hydrogens is 239 g/mol. The zero-order valence-corrected chi connectivity index (χ0v) is 10.8. The van der Waals surface area contributed by atoms with Crippen LogP contribution in [0.2, 0.25) is 0 Å². The number of aromatic nitrogens is 2. The van der Waals surface area contributed by atoms with Gasteiger partial charge in [-0.1, -0.05) is 12.1 Å². The van der Waals surface area contributed by atoms with Crippen LogP contribution in [0, 0.1) is 14.9 Å². The molecule has 0 bridgehead atoms. The number of hydrogen-bond acceptors (Lipinski definition) is 3. The van der Waals surface area contributed by atoms with E-state index in [0.717, 1.165) is 28.8 Å². The summed E-state index contributed by atoms with van der Waals surface area (Å²) in [7, 11) is 0. The Bertz CT molecular complexity index is 330. The topological polar surface area (TPSA) is 42.9 Å². The first-order valence-electron chi connectivity index (χ1n) is 3.97. The van der Waals surface area contributed by atoms with Gasteiger partial charge in [0.05, 0.1) is 11.4 Å². The second-order valence-corrected chi connectivity index (χ2v) is 2.43. The SMILES string of the molecule is [CH3-].[CH3-].[O]=[V+2].c1ccc(-c2ccccn2)nc1. The summed E-state index contributed by atoms with van der Waals surface area (Å²) in [5, 5.41) is 0. The third-order valence-corrected chi connectivity index (χ3v) is 1.59. The van der Waals surface area contributed by atoms with Crippen molar-refractivity contribution in [3.8, 4) is 11.4 Å². The zero-order valence-electron chi connectivity index (χ0n) is 9.37. The van der Waals surface area contributed by atoms with Crippen molar-refractivity contribution in [1.29, 1.82) is 0 Å². The van der Waals surface area contributed by atoms with Gasteiger partial charge in [0.25, 0.3) is 0 Å². The smallest absolute Gasteiger partial charge is 0.0886 e. The van der Waals surface area contributed by atoms with Gasteiger partial charge in [0, 0.05) is 12.4 Å². The van der Waals surface area contributed by atoms with Gasteiger partial charge in [0.1, 0.15) is 0 Å². The molecule has 2 aromatic heterocycles. The maximum absolute atomic E-state index is 8.19. The molecule has 2 aromatic rings. The molecular formula is C12H14N2OV. The van der Waals surface area contributed by atoms with E-state index >= 15 is 0 Å². The molecule has 3 nitrogen and oxygen atoms in total. The Balaban J connectivity index is 0. The van der Waals surface area contributed by atoms with E-state index in [0.29, 0.717) is 0 Å². The van der Waals surface area contributed by atoms with Gasteiger partial charge in [-0.25, -0.2) is 0 Å². The van der Waals surface area contributed by atoms with E-state index < -0.39 is 0 Å². The Morgan fingerprint density at radius 3 is 1.38 bits per heavy atom. The zero-order chi connectivity index (χ0) is 10.2. The van der Waals surface area contributed by atoms with Crippen molar-refractivity contribution in [2.24, 2.45) is 0 Å². The average Bonchev–Trinajstić information content (AvgIpc) is 2.34. The first kappa shape index (κ1) is 17.1. The van der Waals surface area contributed by atoms with Gasteiger partial charge in [-0.05, 0) is 24.3 Å². The molecule has 0 radical (unpaired) electrons. The van der Waals surface area contributed by atoms with E-state index in [9.17, 15) is 0 Å². The molecule has 0 atom stereocenters. The molecule has 0 fully saturated rings. The van der Waals surface area contributed by atoms with E-state index in [4.69, 9.17) is 3.67 Å². The second-order valence-electron chi connectivity index (χ2n) is 2.43. The summed E-state index contributed by atoms with van der Waals surface area (Å²) in [5.74, 6) is 0. The Kier molecular flexibility index (Phi) is 10.9. The predicted octanol–water partition coefficient (Wildman–Crippen LogP) is 2.92. The molecule has 0 aliphatic rings. The standard InChI is InChI=1S/C10H8N2.2CH3.O.V/c1-3-7-11-9(5-1)10-6-2-4-8-12-10;;;;/h1-8H;2*1H3;;/q;2*-1;;+2. The molecule has 0 spiro atoms. The molecule has 4 heteroatoms. The molecule has 0 saturated carbocycles. The van der Waals surface area contributed by atoms with Crippen LogP contribution < -0.4 is 0 Å². The maximum atomic E-state index is 8.19. The summed E-state index contributed by atoms with van der Waals surface area (Å²) < 4.78 is 8.19. The van der Waals surface area contributed by atoms with Crippen LogP contribution in [0.1, 0.15) is 0 Å². The first-order valence-corrected chi connectivity index (χ1v) is 4.54. The minimum Gasteiger partial charge on any atom is -0.255 e. The number of rotatable bonds is 1. The predicted molar refractivity (Wildman–Crippen MR) is 61.0 cm³/mol. The van der Waals surface area contributed by atoms with Gasteiger partial charge in [-0.3, -0.25) is 9.97 Å². The van der Waals surface area contributed by atoms with Gasteiger partial charge in [-0.15, -0.1) is 0 Å². The monoisotopic (exact) mass is 253 g/mol. The second kappa shape index (κ2) is 10.2. The molecule has 0 amide bonds. The summed E-state index contributed by atoms with van der Waals surface area (Å²) in [6, 6.07) is 11.6.